The Hall–Kier alpha value is -3.02. The fourth-order valence-electron chi connectivity index (χ4n) is 2.19. The molecule has 0 saturated carbocycles. The van der Waals surface area contributed by atoms with Gasteiger partial charge >= 0.3 is 0 Å². The van der Waals surface area contributed by atoms with E-state index in [1.807, 2.05) is 0 Å². The standard InChI is InChI=1S/C16H16N4O6S/c1-11(16(21)17-22)18(10-12-6-8-13(9-7-12)19(23)24)27-15-5-3-2-4-14(15)20(25)26/h2-9,11,22H,10H2,1H3,(H,17,21)/t11-/m0/s1. The molecule has 1 amide bonds. The number of para-hydroxylation sites is 1. The lowest BCUT2D eigenvalue weighted by Crippen LogP contribution is -2.40. The number of nitro benzene ring substituents is 2. The normalized spacial score (nSPS) is 11.8. The fourth-order valence-corrected chi connectivity index (χ4v) is 3.28. The molecule has 11 heteroatoms. The summed E-state index contributed by atoms with van der Waals surface area (Å²) in [6.45, 7) is 1.68. The van der Waals surface area contributed by atoms with Crippen molar-refractivity contribution in [3.8, 4) is 0 Å². The van der Waals surface area contributed by atoms with Crippen LogP contribution in [0.2, 0.25) is 0 Å². The lowest BCUT2D eigenvalue weighted by atomic mass is 10.2. The van der Waals surface area contributed by atoms with E-state index in [2.05, 4.69) is 0 Å². The van der Waals surface area contributed by atoms with Crippen LogP contribution in [0.1, 0.15) is 12.5 Å². The van der Waals surface area contributed by atoms with Crippen LogP contribution >= 0.6 is 11.9 Å². The Balaban J connectivity index is 2.30. The predicted octanol–water partition coefficient (Wildman–Crippen LogP) is 2.91. The SMILES string of the molecule is C[C@@H](C(=O)NO)N(Cc1ccc([N+](=O)[O-])cc1)Sc1ccccc1[N+](=O)[O-]. The van der Waals surface area contributed by atoms with Crippen LogP contribution in [-0.4, -0.2) is 31.3 Å². The van der Waals surface area contributed by atoms with Crippen LogP contribution in [0.15, 0.2) is 53.4 Å². The highest BCUT2D eigenvalue weighted by molar-refractivity contribution is 7.97. The van der Waals surface area contributed by atoms with Gasteiger partial charge in [0.05, 0.1) is 15.9 Å². The van der Waals surface area contributed by atoms with Gasteiger partial charge in [-0.1, -0.05) is 24.3 Å². The Labute approximate surface area is 158 Å². The van der Waals surface area contributed by atoms with Gasteiger partial charge in [0.2, 0.25) is 0 Å². The molecule has 0 saturated heterocycles. The first-order valence-corrected chi connectivity index (χ1v) is 8.46. The number of nitrogens with zero attached hydrogens (tertiary/aromatic N) is 3. The number of non-ortho nitro benzene ring substituents is 1. The zero-order valence-corrected chi connectivity index (χ0v) is 15.0. The van der Waals surface area contributed by atoms with Gasteiger partial charge in [-0.25, -0.2) is 9.79 Å². The van der Waals surface area contributed by atoms with E-state index in [0.717, 1.165) is 11.9 Å². The molecule has 0 aliphatic carbocycles. The minimum absolute atomic E-state index is 0.0715. The second-order valence-electron chi connectivity index (χ2n) is 5.47. The monoisotopic (exact) mass is 392 g/mol. The number of carbonyl (C=O) groups excluding carboxylic acids is 1. The van der Waals surface area contributed by atoms with Gasteiger partial charge in [0.15, 0.2) is 0 Å². The number of benzene rings is 2. The van der Waals surface area contributed by atoms with Crippen molar-refractivity contribution < 1.29 is 19.8 Å². The maximum absolute atomic E-state index is 11.9. The minimum Gasteiger partial charge on any atom is -0.289 e. The maximum Gasteiger partial charge on any atom is 0.284 e. The van der Waals surface area contributed by atoms with Gasteiger partial charge in [-0.15, -0.1) is 0 Å². The number of amides is 1. The molecule has 2 aromatic carbocycles. The highest BCUT2D eigenvalue weighted by Crippen LogP contribution is 2.34. The Bertz CT molecular complexity index is 845. The third kappa shape index (κ3) is 5.23. The summed E-state index contributed by atoms with van der Waals surface area (Å²) in [7, 11) is 0. The zero-order valence-electron chi connectivity index (χ0n) is 14.1. The van der Waals surface area contributed by atoms with Crippen molar-refractivity contribution in [1.82, 2.24) is 9.79 Å². The van der Waals surface area contributed by atoms with Crippen LogP contribution in [0.3, 0.4) is 0 Å². The average molecular weight is 392 g/mol. The van der Waals surface area contributed by atoms with Gasteiger partial charge < -0.3 is 0 Å². The Morgan fingerprint density at radius 3 is 2.33 bits per heavy atom. The smallest absolute Gasteiger partial charge is 0.284 e. The summed E-state index contributed by atoms with van der Waals surface area (Å²) in [5, 5.41) is 30.9. The molecule has 1 atom stereocenters. The highest BCUT2D eigenvalue weighted by Gasteiger charge is 2.25. The van der Waals surface area contributed by atoms with Crippen molar-refractivity contribution in [1.29, 1.82) is 0 Å². The summed E-state index contributed by atoms with van der Waals surface area (Å²) in [6.07, 6.45) is 0. The van der Waals surface area contributed by atoms with E-state index >= 15 is 0 Å². The molecule has 10 nitrogen and oxygen atoms in total. The van der Waals surface area contributed by atoms with Crippen LogP contribution in [-0.2, 0) is 11.3 Å². The first-order valence-electron chi connectivity index (χ1n) is 7.68. The van der Waals surface area contributed by atoms with Crippen molar-refractivity contribution in [2.45, 2.75) is 24.4 Å². The molecule has 27 heavy (non-hydrogen) atoms. The summed E-state index contributed by atoms with van der Waals surface area (Å²) in [5.74, 6) is -0.692. The molecule has 142 valence electrons. The Kier molecular flexibility index (Phi) is 6.82. The van der Waals surface area contributed by atoms with Crippen LogP contribution in [0.25, 0.3) is 0 Å². The second-order valence-corrected chi connectivity index (χ2v) is 6.56. The second kappa shape index (κ2) is 9.07. The van der Waals surface area contributed by atoms with E-state index in [9.17, 15) is 25.0 Å². The fraction of sp³-hybridized carbons (Fsp3) is 0.188. The number of carbonyl (C=O) groups is 1. The van der Waals surface area contributed by atoms with E-state index in [0.29, 0.717) is 10.5 Å². The van der Waals surface area contributed by atoms with Crippen LogP contribution in [0, 0.1) is 20.2 Å². The molecule has 0 radical (unpaired) electrons. The molecule has 2 N–H and O–H groups in total. The molecule has 0 fully saturated rings. The molecule has 0 bridgehead atoms. The third-order valence-corrected chi connectivity index (χ3v) is 4.91. The molecule has 2 rings (SSSR count). The summed E-state index contributed by atoms with van der Waals surface area (Å²) < 4.78 is 1.54. The highest BCUT2D eigenvalue weighted by atomic mass is 32.2. The van der Waals surface area contributed by atoms with Gasteiger partial charge in [-0.3, -0.25) is 30.2 Å². The number of hydrogen-bond acceptors (Lipinski definition) is 8. The summed E-state index contributed by atoms with van der Waals surface area (Å²) in [6, 6.07) is 11.0. The quantitative estimate of drug-likeness (QED) is 0.302. The third-order valence-electron chi connectivity index (χ3n) is 3.68. The molecule has 2 aromatic rings. The number of nitrogens with one attached hydrogen (secondary N) is 1. The summed E-state index contributed by atoms with van der Waals surface area (Å²) >= 11 is 0.987. The number of hydrogen-bond donors (Lipinski definition) is 2. The minimum atomic E-state index is -0.838. The van der Waals surface area contributed by atoms with Crippen molar-refractivity contribution in [2.24, 2.45) is 0 Å². The van der Waals surface area contributed by atoms with Gasteiger partial charge in [0.1, 0.15) is 4.90 Å². The molecular weight excluding hydrogens is 376 g/mol. The van der Waals surface area contributed by atoms with E-state index in [4.69, 9.17) is 5.21 Å². The van der Waals surface area contributed by atoms with Gasteiger partial charge in [0, 0.05) is 24.7 Å². The Morgan fingerprint density at radius 1 is 1.15 bits per heavy atom. The molecule has 0 heterocycles. The van der Waals surface area contributed by atoms with Crippen molar-refractivity contribution in [3.05, 3.63) is 74.3 Å². The maximum atomic E-state index is 11.9. The number of nitro groups is 2. The molecule has 0 spiro atoms. The lowest BCUT2D eigenvalue weighted by Gasteiger charge is -2.26. The molecule has 0 unspecified atom stereocenters. The topological polar surface area (TPSA) is 139 Å². The molecular formula is C16H16N4O6S. The number of hydroxylamine groups is 1. The van der Waals surface area contributed by atoms with E-state index < -0.39 is 21.8 Å². The van der Waals surface area contributed by atoms with E-state index in [1.54, 1.807) is 17.6 Å². The average Bonchev–Trinajstić information content (AvgIpc) is 2.66. The van der Waals surface area contributed by atoms with Crippen LogP contribution in [0.5, 0.6) is 0 Å². The van der Waals surface area contributed by atoms with E-state index in [1.165, 1.54) is 47.6 Å². The van der Waals surface area contributed by atoms with Crippen LogP contribution in [0.4, 0.5) is 11.4 Å². The van der Waals surface area contributed by atoms with Crippen molar-refractivity contribution in [2.75, 3.05) is 0 Å². The largest absolute Gasteiger partial charge is 0.289 e. The van der Waals surface area contributed by atoms with Gasteiger partial charge in [-0.2, -0.15) is 0 Å². The Morgan fingerprint density at radius 2 is 1.78 bits per heavy atom. The molecule has 0 aliphatic heterocycles. The lowest BCUT2D eigenvalue weighted by molar-refractivity contribution is -0.387. The summed E-state index contributed by atoms with van der Waals surface area (Å²) in [4.78, 5) is 33.1. The predicted molar refractivity (Wildman–Crippen MR) is 97.0 cm³/mol. The zero-order chi connectivity index (χ0) is 20.0. The molecule has 0 aliphatic rings. The van der Waals surface area contributed by atoms with E-state index in [-0.39, 0.29) is 17.9 Å². The van der Waals surface area contributed by atoms with Gasteiger partial charge in [-0.05, 0) is 30.5 Å². The van der Waals surface area contributed by atoms with Gasteiger partial charge in [0.25, 0.3) is 17.3 Å². The van der Waals surface area contributed by atoms with Crippen molar-refractivity contribution >= 4 is 29.2 Å². The first kappa shape index (κ1) is 20.3. The van der Waals surface area contributed by atoms with Crippen LogP contribution < -0.4 is 5.48 Å². The number of rotatable bonds is 8. The summed E-state index contributed by atoms with van der Waals surface area (Å²) in [5.41, 5.74) is 2.03. The molecule has 0 aromatic heterocycles. The first-order chi connectivity index (χ1) is 12.8. The van der Waals surface area contributed by atoms with Crippen molar-refractivity contribution in [3.63, 3.8) is 0 Å².